The van der Waals surface area contributed by atoms with Gasteiger partial charge in [-0.1, -0.05) is 0 Å². The van der Waals surface area contributed by atoms with Gasteiger partial charge in [-0.2, -0.15) is 0 Å². The molecule has 0 aromatic heterocycles. The predicted octanol–water partition coefficient (Wildman–Crippen LogP) is 0.463. The molecule has 13 heavy (non-hydrogen) atoms. The maximum atomic E-state index is 11.4. The lowest BCUT2D eigenvalue weighted by Crippen LogP contribution is -2.44. The molecule has 0 aliphatic carbocycles. The number of carbonyl (C=O) groups excluding carboxylic acids is 1. The number of carbonyl (C=O) groups is 2. The minimum atomic E-state index is -1.01. The zero-order valence-electron chi connectivity index (χ0n) is 8.44. The van der Waals surface area contributed by atoms with Crippen LogP contribution in [-0.4, -0.2) is 53.6 Å². The zero-order valence-corrected chi connectivity index (χ0v) is 8.44. The van der Waals surface area contributed by atoms with Gasteiger partial charge in [-0.15, -0.1) is 0 Å². The van der Waals surface area contributed by atoms with Gasteiger partial charge in [-0.25, -0.2) is 4.79 Å². The van der Waals surface area contributed by atoms with Crippen LogP contribution in [0.4, 0.5) is 4.79 Å². The second-order valence-corrected chi connectivity index (χ2v) is 3.24. The van der Waals surface area contributed by atoms with Crippen molar-refractivity contribution >= 4 is 12.0 Å². The second kappa shape index (κ2) is 4.69. The maximum absolute atomic E-state index is 11.4. The minimum absolute atomic E-state index is 0.0729. The Morgan fingerprint density at radius 2 is 1.77 bits per heavy atom. The van der Waals surface area contributed by atoms with Crippen molar-refractivity contribution in [3.8, 4) is 0 Å². The quantitative estimate of drug-likeness (QED) is 0.700. The van der Waals surface area contributed by atoms with E-state index in [0.29, 0.717) is 0 Å². The lowest BCUT2D eigenvalue weighted by atomic mass is 10.3. The van der Waals surface area contributed by atoms with E-state index in [4.69, 9.17) is 5.11 Å². The number of hydrogen-bond donors (Lipinski definition) is 1. The molecule has 0 unspecified atom stereocenters. The van der Waals surface area contributed by atoms with Crippen LogP contribution in [0.3, 0.4) is 0 Å². The van der Waals surface area contributed by atoms with E-state index in [1.165, 1.54) is 16.8 Å². The van der Waals surface area contributed by atoms with Gasteiger partial charge in [-0.05, 0) is 13.8 Å². The normalized spacial score (nSPS) is 9.92. The first-order valence-electron chi connectivity index (χ1n) is 4.06. The van der Waals surface area contributed by atoms with E-state index >= 15 is 0 Å². The molecule has 0 aliphatic rings. The van der Waals surface area contributed by atoms with Crippen LogP contribution in [0, 0.1) is 0 Å². The summed E-state index contributed by atoms with van der Waals surface area (Å²) in [4.78, 5) is 24.4. The molecule has 0 saturated heterocycles. The molecule has 5 nitrogen and oxygen atoms in total. The van der Waals surface area contributed by atoms with Gasteiger partial charge in [0.15, 0.2) is 0 Å². The number of amides is 2. The number of aliphatic carboxylic acids is 1. The highest BCUT2D eigenvalue weighted by molar-refractivity contribution is 5.79. The Morgan fingerprint density at radius 3 is 2.08 bits per heavy atom. The van der Waals surface area contributed by atoms with Crippen LogP contribution in [0.25, 0.3) is 0 Å². The van der Waals surface area contributed by atoms with Crippen LogP contribution in [0.15, 0.2) is 0 Å². The Morgan fingerprint density at radius 1 is 1.31 bits per heavy atom. The van der Waals surface area contributed by atoms with Crippen LogP contribution in [0.2, 0.25) is 0 Å². The van der Waals surface area contributed by atoms with Crippen molar-refractivity contribution in [3.05, 3.63) is 0 Å². The van der Waals surface area contributed by atoms with Crippen LogP contribution in [-0.2, 0) is 4.79 Å². The summed E-state index contributed by atoms with van der Waals surface area (Å²) in [7, 11) is 3.11. The first-order chi connectivity index (χ1) is 5.86. The summed E-state index contributed by atoms with van der Waals surface area (Å²) in [5.74, 6) is -1.01. The van der Waals surface area contributed by atoms with Crippen molar-refractivity contribution in [1.82, 2.24) is 9.80 Å². The zero-order chi connectivity index (χ0) is 10.6. The van der Waals surface area contributed by atoms with Crippen LogP contribution in [0.5, 0.6) is 0 Å². The fourth-order valence-electron chi connectivity index (χ4n) is 0.761. The number of nitrogens with zero attached hydrogens (tertiary/aromatic N) is 2. The van der Waals surface area contributed by atoms with Crippen molar-refractivity contribution in [2.45, 2.75) is 19.9 Å². The SMILES string of the molecule is CC(C)N(C)C(=O)N(C)CC(=O)O. The number of carboxylic acids is 1. The van der Waals surface area contributed by atoms with E-state index in [2.05, 4.69) is 0 Å². The van der Waals surface area contributed by atoms with Gasteiger partial charge in [0.25, 0.3) is 0 Å². The number of likely N-dealkylation sites (N-methyl/N-ethyl adjacent to an activating group) is 1. The lowest BCUT2D eigenvalue weighted by Gasteiger charge is -2.26. The van der Waals surface area contributed by atoms with Crippen molar-refractivity contribution in [3.63, 3.8) is 0 Å². The first kappa shape index (κ1) is 11.7. The van der Waals surface area contributed by atoms with Gasteiger partial charge in [-0.3, -0.25) is 4.79 Å². The molecule has 0 bridgehead atoms. The molecule has 0 saturated carbocycles. The number of rotatable bonds is 3. The molecule has 0 spiro atoms. The van der Waals surface area contributed by atoms with Crippen molar-refractivity contribution in [2.75, 3.05) is 20.6 Å². The second-order valence-electron chi connectivity index (χ2n) is 3.24. The fourth-order valence-corrected chi connectivity index (χ4v) is 0.761. The highest BCUT2D eigenvalue weighted by Crippen LogP contribution is 1.99. The van der Waals surface area contributed by atoms with Gasteiger partial charge in [0, 0.05) is 20.1 Å². The smallest absolute Gasteiger partial charge is 0.323 e. The van der Waals surface area contributed by atoms with Crippen LogP contribution in [0.1, 0.15) is 13.8 Å². The van der Waals surface area contributed by atoms with Crippen molar-refractivity contribution in [1.29, 1.82) is 0 Å². The molecule has 0 rings (SSSR count). The summed E-state index contributed by atoms with van der Waals surface area (Å²) in [6.07, 6.45) is 0. The minimum Gasteiger partial charge on any atom is -0.480 e. The van der Waals surface area contributed by atoms with Gasteiger partial charge >= 0.3 is 12.0 Å². The third-order valence-corrected chi connectivity index (χ3v) is 1.78. The molecule has 2 amide bonds. The third kappa shape index (κ3) is 3.78. The molecule has 5 heteroatoms. The standard InChI is InChI=1S/C8H16N2O3/c1-6(2)10(4)8(13)9(3)5-7(11)12/h6H,5H2,1-4H3,(H,11,12). The Kier molecular flexibility index (Phi) is 4.23. The molecule has 0 heterocycles. The Bertz CT molecular complexity index is 204. The summed E-state index contributed by atoms with van der Waals surface area (Å²) in [5.41, 5.74) is 0. The Hall–Kier alpha value is -1.26. The van der Waals surface area contributed by atoms with Gasteiger partial charge in [0.2, 0.25) is 0 Å². The summed E-state index contributed by atoms with van der Waals surface area (Å²) < 4.78 is 0. The predicted molar refractivity (Wildman–Crippen MR) is 48.6 cm³/mol. The first-order valence-corrected chi connectivity index (χ1v) is 4.06. The Balaban J connectivity index is 4.17. The van der Waals surface area contributed by atoms with Crippen molar-refractivity contribution < 1.29 is 14.7 Å². The summed E-state index contributed by atoms with van der Waals surface area (Å²) in [5, 5.41) is 8.44. The van der Waals surface area contributed by atoms with Crippen molar-refractivity contribution in [2.24, 2.45) is 0 Å². The molecule has 76 valence electrons. The maximum Gasteiger partial charge on any atom is 0.323 e. The van der Waals surface area contributed by atoms with Gasteiger partial charge in [0.05, 0.1) is 0 Å². The van der Waals surface area contributed by atoms with E-state index in [0.717, 1.165) is 0 Å². The van der Waals surface area contributed by atoms with E-state index in [1.807, 2.05) is 13.8 Å². The highest BCUT2D eigenvalue weighted by Gasteiger charge is 2.17. The molecular formula is C8H16N2O3. The van der Waals surface area contributed by atoms with E-state index in [1.54, 1.807) is 7.05 Å². The topological polar surface area (TPSA) is 60.9 Å². The molecule has 1 N–H and O–H groups in total. The number of carboxylic acid groups (broad SMARTS) is 1. The average Bonchev–Trinajstić information content (AvgIpc) is 2.00. The summed E-state index contributed by atoms with van der Waals surface area (Å²) in [6, 6.07) is -0.207. The van der Waals surface area contributed by atoms with Gasteiger partial charge < -0.3 is 14.9 Å². The lowest BCUT2D eigenvalue weighted by molar-refractivity contribution is -0.137. The largest absolute Gasteiger partial charge is 0.480 e. The van der Waals surface area contributed by atoms with Gasteiger partial charge in [0.1, 0.15) is 6.54 Å². The van der Waals surface area contributed by atoms with Crippen LogP contribution >= 0.6 is 0 Å². The molecular weight excluding hydrogens is 172 g/mol. The number of urea groups is 1. The molecule has 0 aromatic rings. The van der Waals surface area contributed by atoms with E-state index < -0.39 is 5.97 Å². The third-order valence-electron chi connectivity index (χ3n) is 1.78. The molecule has 0 aliphatic heterocycles. The molecule has 0 atom stereocenters. The van der Waals surface area contributed by atoms with E-state index in [-0.39, 0.29) is 18.6 Å². The fraction of sp³-hybridized carbons (Fsp3) is 0.750. The molecule has 0 fully saturated rings. The summed E-state index contributed by atoms with van der Waals surface area (Å²) >= 11 is 0. The molecule has 0 radical (unpaired) electrons. The molecule has 0 aromatic carbocycles. The van der Waals surface area contributed by atoms with Crippen LogP contribution < -0.4 is 0 Å². The van der Waals surface area contributed by atoms with E-state index in [9.17, 15) is 9.59 Å². The average molecular weight is 188 g/mol. The number of hydrogen-bond acceptors (Lipinski definition) is 2. The summed E-state index contributed by atoms with van der Waals surface area (Å²) in [6.45, 7) is 3.47. The Labute approximate surface area is 77.9 Å². The highest BCUT2D eigenvalue weighted by atomic mass is 16.4. The monoisotopic (exact) mass is 188 g/mol.